The Morgan fingerprint density at radius 3 is 1.02 bits per heavy atom. The van der Waals surface area contributed by atoms with Crippen molar-refractivity contribution in [2.75, 3.05) is 26.4 Å². The minimum absolute atomic E-state index is 0.0472. The van der Waals surface area contributed by atoms with Crippen LogP contribution < -0.4 is 20.7 Å². The normalized spacial score (nSPS) is 12.1. The van der Waals surface area contributed by atoms with Gasteiger partial charge in [0.15, 0.2) is 0 Å². The van der Waals surface area contributed by atoms with Gasteiger partial charge in [0.25, 0.3) is 16.6 Å². The summed E-state index contributed by atoms with van der Waals surface area (Å²) in [5.41, 5.74) is 0. The van der Waals surface area contributed by atoms with E-state index < -0.39 is 16.6 Å². The lowest BCUT2D eigenvalue weighted by Crippen LogP contribution is -2.66. The molecule has 4 aromatic rings. The van der Waals surface area contributed by atoms with Gasteiger partial charge in [0, 0.05) is 39.3 Å². The van der Waals surface area contributed by atoms with E-state index in [4.69, 9.17) is 19.1 Å². The molecule has 4 nitrogen and oxygen atoms in total. The molecule has 2 N–H and O–H groups in total. The summed E-state index contributed by atoms with van der Waals surface area (Å²) in [6.07, 6.45) is 24.8. The first kappa shape index (κ1) is 54.8. The number of hydrogen-bond acceptors (Lipinski definition) is 4. The highest BCUT2D eigenvalue weighted by molar-refractivity contribution is 7.00. The van der Waals surface area contributed by atoms with E-state index in [0.717, 1.165) is 71.0 Å². The second-order valence-electron chi connectivity index (χ2n) is 19.3. The molecule has 0 radical (unpaired) electrons. The Hall–Kier alpha value is -3.55. The zero-order valence-electron chi connectivity index (χ0n) is 41.0. The predicted molar refractivity (Wildman–Crippen MR) is 281 cm³/mol. The van der Waals surface area contributed by atoms with Crippen molar-refractivity contribution in [1.82, 2.24) is 0 Å². The lowest BCUT2D eigenvalue weighted by Gasteiger charge is -2.43. The fraction of sp³-hybridized carbons (Fsp3) is 0.517. The van der Waals surface area contributed by atoms with E-state index in [1.54, 1.807) is 0 Å². The first-order chi connectivity index (χ1) is 31.0. The number of hydrogen-bond donors (Lipinski definition) is 2. The van der Waals surface area contributed by atoms with Crippen molar-refractivity contribution in [3.05, 3.63) is 133 Å². The van der Waals surface area contributed by atoms with Crippen molar-refractivity contribution in [2.45, 2.75) is 167 Å². The Morgan fingerprint density at radius 1 is 0.391 bits per heavy atom. The summed E-state index contributed by atoms with van der Waals surface area (Å²) in [7, 11) is -4.76. The minimum atomic E-state index is -2.38. The summed E-state index contributed by atoms with van der Waals surface area (Å²) in [5, 5.41) is 23.1. The summed E-state index contributed by atoms with van der Waals surface area (Å²) in [5.74, 6) is 6.49. The number of aliphatic hydroxyl groups is 2. The molecule has 6 heteroatoms. The summed E-state index contributed by atoms with van der Waals surface area (Å²) in [6.45, 7) is 16.3. The van der Waals surface area contributed by atoms with Crippen LogP contribution in [0.1, 0.15) is 157 Å². The molecule has 0 unspecified atom stereocenters. The van der Waals surface area contributed by atoms with Crippen molar-refractivity contribution in [3.63, 3.8) is 0 Å². The molecule has 0 saturated heterocycles. The second kappa shape index (κ2) is 31.4. The third-order valence-corrected chi connectivity index (χ3v) is 22.3. The van der Waals surface area contributed by atoms with E-state index in [0.29, 0.717) is 6.61 Å². The number of rotatable bonds is 28. The molecular weight excluding hydrogens is 817 g/mol. The topological polar surface area (TPSA) is 58.9 Å². The highest BCUT2D eigenvalue weighted by Crippen LogP contribution is 2.38. The van der Waals surface area contributed by atoms with E-state index in [1.165, 1.54) is 78.5 Å². The molecule has 64 heavy (non-hydrogen) atoms. The Labute approximate surface area is 393 Å². The highest BCUT2D eigenvalue weighted by Gasteiger charge is 2.51. The average Bonchev–Trinajstić information content (AvgIpc) is 3.30. The standard InChI is InChI=1S/C29H44O2Si.C29H42O2Si/c2*1-29(2,3)32(27-21-15-13-16-22-27,28-23-17-14-18-24-28)31-26-20-12-10-8-6-4-5-7-9-11-19-25-30/h5,7,13-18,21-24,30H,4,6,8-12,19-20,25-26H2,1-3H3;13-18,21-24,30H,4,6,8-12,19-20,25-26H2,1-3H3/b7-5-;. The molecule has 0 aliphatic heterocycles. The first-order valence-corrected chi connectivity index (χ1v) is 28.7. The SMILES string of the molecule is CC(C)(C)[Si](OCCCCCCC/C=C\CCCCO)(c1ccccc1)c1ccccc1.CC(C)(C)[Si](OCCCCCCCC#CCCCCO)(c1ccccc1)c1ccccc1. The molecule has 0 bridgehead atoms. The molecule has 0 spiro atoms. The third-order valence-electron chi connectivity index (χ3n) is 12.2. The summed E-state index contributed by atoms with van der Waals surface area (Å²) in [4.78, 5) is 0. The molecule has 350 valence electrons. The molecule has 0 aliphatic rings. The van der Waals surface area contributed by atoms with E-state index in [1.807, 2.05) is 0 Å². The van der Waals surface area contributed by atoms with Gasteiger partial charge in [-0.2, -0.15) is 0 Å². The summed E-state index contributed by atoms with van der Waals surface area (Å²) >= 11 is 0. The van der Waals surface area contributed by atoms with E-state index in [9.17, 15) is 0 Å². The third kappa shape index (κ3) is 18.4. The van der Waals surface area contributed by atoms with Gasteiger partial charge in [0.1, 0.15) is 0 Å². The van der Waals surface area contributed by atoms with Crippen LogP contribution in [0.2, 0.25) is 10.1 Å². The fourth-order valence-electron chi connectivity index (χ4n) is 8.83. The van der Waals surface area contributed by atoms with Crippen molar-refractivity contribution < 1.29 is 19.1 Å². The molecule has 0 saturated carbocycles. The molecule has 4 aromatic carbocycles. The minimum Gasteiger partial charge on any atom is -0.407 e. The van der Waals surface area contributed by atoms with E-state index in [2.05, 4.69) is 187 Å². The van der Waals surface area contributed by atoms with Gasteiger partial charge >= 0.3 is 0 Å². The van der Waals surface area contributed by atoms with Gasteiger partial charge in [-0.15, -0.1) is 11.8 Å². The van der Waals surface area contributed by atoms with Crippen LogP contribution in [0.5, 0.6) is 0 Å². The molecular formula is C58H86O4Si2. The maximum Gasteiger partial charge on any atom is 0.261 e. The first-order valence-electron chi connectivity index (χ1n) is 24.9. The van der Waals surface area contributed by atoms with Crippen LogP contribution in [0.3, 0.4) is 0 Å². The van der Waals surface area contributed by atoms with Gasteiger partial charge in [-0.05, 0) is 95.0 Å². The van der Waals surface area contributed by atoms with Crippen LogP contribution in [0.25, 0.3) is 0 Å². The molecule has 0 atom stereocenters. The van der Waals surface area contributed by atoms with Gasteiger partial charge < -0.3 is 19.1 Å². The summed E-state index contributed by atoms with van der Waals surface area (Å²) < 4.78 is 13.9. The molecule has 4 rings (SSSR count). The maximum atomic E-state index is 8.80. The van der Waals surface area contributed by atoms with Crippen LogP contribution in [0.15, 0.2) is 133 Å². The van der Waals surface area contributed by atoms with Crippen LogP contribution in [0.4, 0.5) is 0 Å². The molecule has 0 heterocycles. The lowest BCUT2D eigenvalue weighted by atomic mass is 10.1. The fourth-order valence-corrected chi connectivity index (χ4v) is 18.0. The molecule has 0 aliphatic carbocycles. The Kier molecular flexibility index (Phi) is 26.9. The average molecular weight is 903 g/mol. The predicted octanol–water partition coefficient (Wildman–Crippen LogP) is 12.7. The number of allylic oxidation sites excluding steroid dienone is 2. The largest absolute Gasteiger partial charge is 0.407 e. The van der Waals surface area contributed by atoms with Gasteiger partial charge in [-0.3, -0.25) is 0 Å². The number of unbranched alkanes of at least 4 members (excludes halogenated alkanes) is 14. The summed E-state index contributed by atoms with van der Waals surface area (Å²) in [6, 6.07) is 43.7. The van der Waals surface area contributed by atoms with Crippen LogP contribution in [-0.4, -0.2) is 53.3 Å². The maximum absolute atomic E-state index is 8.80. The second-order valence-corrected chi connectivity index (χ2v) is 27.9. The van der Waals surface area contributed by atoms with E-state index in [-0.39, 0.29) is 16.7 Å². The van der Waals surface area contributed by atoms with Crippen molar-refractivity contribution in [1.29, 1.82) is 0 Å². The zero-order valence-corrected chi connectivity index (χ0v) is 43.0. The molecule has 0 fully saturated rings. The van der Waals surface area contributed by atoms with Crippen LogP contribution in [-0.2, 0) is 8.85 Å². The van der Waals surface area contributed by atoms with Crippen molar-refractivity contribution in [2.24, 2.45) is 0 Å². The smallest absolute Gasteiger partial charge is 0.261 e. The van der Waals surface area contributed by atoms with Gasteiger partial charge in [0.05, 0.1) is 0 Å². The Morgan fingerprint density at radius 2 is 0.672 bits per heavy atom. The van der Waals surface area contributed by atoms with Crippen LogP contribution in [0, 0.1) is 11.8 Å². The quantitative estimate of drug-likeness (QED) is 0.0258. The van der Waals surface area contributed by atoms with Gasteiger partial charge in [-0.1, -0.05) is 214 Å². The van der Waals surface area contributed by atoms with Crippen molar-refractivity contribution >= 4 is 37.4 Å². The Balaban J connectivity index is 0.000000340. The number of benzene rings is 4. The zero-order chi connectivity index (χ0) is 46.3. The molecule has 0 amide bonds. The number of aliphatic hydroxyl groups excluding tert-OH is 2. The van der Waals surface area contributed by atoms with Gasteiger partial charge in [-0.25, -0.2) is 0 Å². The monoisotopic (exact) mass is 903 g/mol. The van der Waals surface area contributed by atoms with Gasteiger partial charge in [0.2, 0.25) is 0 Å². The van der Waals surface area contributed by atoms with Crippen molar-refractivity contribution in [3.8, 4) is 11.8 Å². The van der Waals surface area contributed by atoms with Crippen LogP contribution >= 0.6 is 0 Å². The van der Waals surface area contributed by atoms with E-state index >= 15 is 0 Å². The lowest BCUT2D eigenvalue weighted by molar-refractivity contribution is 0.285. The molecule has 0 aromatic heterocycles. The Bertz CT molecular complexity index is 1740. The highest BCUT2D eigenvalue weighted by atomic mass is 28.4.